The molecule has 1 fully saturated rings. The van der Waals surface area contributed by atoms with Gasteiger partial charge >= 0.3 is 0 Å². The summed E-state index contributed by atoms with van der Waals surface area (Å²) < 4.78 is 19.0. The molecular weight excluding hydrogens is 217 g/mol. The number of hydrogen-bond donors (Lipinski definition) is 1. The summed E-state index contributed by atoms with van der Waals surface area (Å²) >= 11 is 0. The fourth-order valence-corrected chi connectivity index (χ4v) is 2.40. The molecule has 0 aliphatic heterocycles. The third kappa shape index (κ3) is 3.19. The van der Waals surface area contributed by atoms with E-state index in [0.717, 1.165) is 31.4 Å². The molecule has 94 valence electrons. The number of ether oxygens (including phenoxy) is 1. The van der Waals surface area contributed by atoms with Crippen LogP contribution in [0.15, 0.2) is 18.2 Å². The highest BCUT2D eigenvalue weighted by molar-refractivity contribution is 5.32. The van der Waals surface area contributed by atoms with E-state index in [0.29, 0.717) is 11.8 Å². The van der Waals surface area contributed by atoms with E-state index in [2.05, 4.69) is 12.2 Å². The number of rotatable bonds is 4. The topological polar surface area (TPSA) is 21.3 Å². The molecule has 0 spiro atoms. The molecule has 0 aromatic heterocycles. The average molecular weight is 237 g/mol. The lowest BCUT2D eigenvalue weighted by Crippen LogP contribution is -2.27. The normalized spacial score (nSPS) is 23.9. The second-order valence-electron chi connectivity index (χ2n) is 4.72. The van der Waals surface area contributed by atoms with Gasteiger partial charge in [-0.05, 0) is 44.4 Å². The van der Waals surface area contributed by atoms with Gasteiger partial charge < -0.3 is 10.1 Å². The van der Waals surface area contributed by atoms with Crippen molar-refractivity contribution in [1.82, 2.24) is 5.32 Å². The van der Waals surface area contributed by atoms with Crippen molar-refractivity contribution in [2.24, 2.45) is 0 Å². The van der Waals surface area contributed by atoms with E-state index in [-0.39, 0.29) is 11.9 Å². The van der Waals surface area contributed by atoms with Crippen LogP contribution in [0.3, 0.4) is 0 Å². The van der Waals surface area contributed by atoms with E-state index in [9.17, 15) is 4.39 Å². The summed E-state index contributed by atoms with van der Waals surface area (Å²) in [6.07, 6.45) is 3.43. The molecule has 1 aliphatic carbocycles. The predicted octanol–water partition coefficient (Wildman–Crippen LogP) is 3.04. The van der Waals surface area contributed by atoms with Crippen LogP contribution in [0.4, 0.5) is 4.39 Å². The number of halogens is 1. The SMILES string of the molecule is CCNC1CCC(Oc2cc(F)ccc2C)C1. The predicted molar refractivity (Wildman–Crippen MR) is 66.9 cm³/mol. The molecule has 1 aromatic carbocycles. The zero-order valence-electron chi connectivity index (χ0n) is 10.5. The van der Waals surface area contributed by atoms with E-state index >= 15 is 0 Å². The molecule has 1 aliphatic rings. The Hall–Kier alpha value is -1.09. The molecule has 0 amide bonds. The summed E-state index contributed by atoms with van der Waals surface area (Å²) in [5, 5.41) is 3.43. The molecule has 0 radical (unpaired) electrons. The lowest BCUT2D eigenvalue weighted by molar-refractivity contribution is 0.204. The van der Waals surface area contributed by atoms with Gasteiger partial charge in [0.25, 0.3) is 0 Å². The van der Waals surface area contributed by atoms with Gasteiger partial charge in [-0.2, -0.15) is 0 Å². The van der Waals surface area contributed by atoms with Gasteiger partial charge in [-0.25, -0.2) is 4.39 Å². The van der Waals surface area contributed by atoms with Crippen LogP contribution < -0.4 is 10.1 Å². The molecule has 2 unspecified atom stereocenters. The average Bonchev–Trinajstić information content (AvgIpc) is 2.72. The van der Waals surface area contributed by atoms with E-state index in [4.69, 9.17) is 4.74 Å². The van der Waals surface area contributed by atoms with Gasteiger partial charge in [0, 0.05) is 12.1 Å². The Balaban J connectivity index is 1.95. The smallest absolute Gasteiger partial charge is 0.126 e. The molecule has 1 aromatic rings. The first kappa shape index (κ1) is 12.4. The zero-order valence-corrected chi connectivity index (χ0v) is 10.5. The monoisotopic (exact) mass is 237 g/mol. The van der Waals surface area contributed by atoms with Gasteiger partial charge in [0.2, 0.25) is 0 Å². The van der Waals surface area contributed by atoms with Gasteiger partial charge in [0.05, 0.1) is 0 Å². The molecule has 0 saturated heterocycles. The van der Waals surface area contributed by atoms with Gasteiger partial charge in [0.1, 0.15) is 17.7 Å². The maximum Gasteiger partial charge on any atom is 0.126 e. The molecule has 3 heteroatoms. The Kier molecular flexibility index (Phi) is 4.00. The van der Waals surface area contributed by atoms with Crippen molar-refractivity contribution in [2.45, 2.75) is 45.3 Å². The van der Waals surface area contributed by atoms with Crippen molar-refractivity contribution in [3.8, 4) is 5.75 Å². The quantitative estimate of drug-likeness (QED) is 0.869. The minimum atomic E-state index is -0.230. The highest BCUT2D eigenvalue weighted by atomic mass is 19.1. The van der Waals surface area contributed by atoms with E-state index in [1.165, 1.54) is 12.1 Å². The van der Waals surface area contributed by atoms with E-state index in [1.54, 1.807) is 6.07 Å². The second kappa shape index (κ2) is 5.50. The number of hydrogen-bond acceptors (Lipinski definition) is 2. The second-order valence-corrected chi connectivity index (χ2v) is 4.72. The molecule has 17 heavy (non-hydrogen) atoms. The Labute approximate surface area is 102 Å². The molecule has 2 rings (SSSR count). The lowest BCUT2D eigenvalue weighted by Gasteiger charge is -2.16. The molecule has 2 atom stereocenters. The first-order valence-corrected chi connectivity index (χ1v) is 6.35. The van der Waals surface area contributed by atoms with Crippen LogP contribution >= 0.6 is 0 Å². The first-order chi connectivity index (χ1) is 8.19. The van der Waals surface area contributed by atoms with Gasteiger partial charge in [-0.15, -0.1) is 0 Å². The lowest BCUT2D eigenvalue weighted by atomic mass is 10.2. The molecule has 0 heterocycles. The fraction of sp³-hybridized carbons (Fsp3) is 0.571. The summed E-state index contributed by atoms with van der Waals surface area (Å²) in [4.78, 5) is 0. The standard InChI is InChI=1S/C14H20FNO/c1-3-16-12-6-7-13(9-12)17-14-8-11(15)5-4-10(14)2/h4-5,8,12-13,16H,3,6-7,9H2,1-2H3. The Morgan fingerprint density at radius 2 is 2.24 bits per heavy atom. The summed E-state index contributed by atoms with van der Waals surface area (Å²) in [6, 6.07) is 5.27. The molecule has 2 nitrogen and oxygen atoms in total. The van der Waals surface area contributed by atoms with Crippen LogP contribution in [0.1, 0.15) is 31.7 Å². The summed E-state index contributed by atoms with van der Waals surface area (Å²) in [5.74, 6) is 0.457. The van der Waals surface area contributed by atoms with Crippen molar-refractivity contribution >= 4 is 0 Å². The van der Waals surface area contributed by atoms with Gasteiger partial charge in [0.15, 0.2) is 0 Å². The third-order valence-corrected chi connectivity index (χ3v) is 3.32. The van der Waals surface area contributed by atoms with Crippen LogP contribution in [0.5, 0.6) is 5.75 Å². The van der Waals surface area contributed by atoms with Crippen molar-refractivity contribution in [3.05, 3.63) is 29.6 Å². The number of nitrogens with one attached hydrogen (secondary N) is 1. The summed E-state index contributed by atoms with van der Waals surface area (Å²) in [5.41, 5.74) is 0.998. The van der Waals surface area contributed by atoms with Crippen molar-refractivity contribution in [3.63, 3.8) is 0 Å². The van der Waals surface area contributed by atoms with Crippen LogP contribution in [0.25, 0.3) is 0 Å². The van der Waals surface area contributed by atoms with Gasteiger partial charge in [-0.3, -0.25) is 0 Å². The fourth-order valence-electron chi connectivity index (χ4n) is 2.40. The van der Waals surface area contributed by atoms with Crippen LogP contribution in [-0.2, 0) is 0 Å². The molecule has 0 bridgehead atoms. The largest absolute Gasteiger partial charge is 0.490 e. The Bertz CT molecular complexity index is 380. The molecule has 1 saturated carbocycles. The highest BCUT2D eigenvalue weighted by Crippen LogP contribution is 2.27. The highest BCUT2D eigenvalue weighted by Gasteiger charge is 2.25. The van der Waals surface area contributed by atoms with Crippen LogP contribution in [-0.4, -0.2) is 18.7 Å². The Morgan fingerprint density at radius 1 is 1.41 bits per heavy atom. The minimum Gasteiger partial charge on any atom is -0.490 e. The summed E-state index contributed by atoms with van der Waals surface area (Å²) in [6.45, 7) is 5.06. The number of aryl methyl sites for hydroxylation is 1. The first-order valence-electron chi connectivity index (χ1n) is 6.35. The van der Waals surface area contributed by atoms with Crippen LogP contribution in [0.2, 0.25) is 0 Å². The minimum absolute atomic E-state index is 0.222. The maximum absolute atomic E-state index is 13.1. The molecular formula is C14H20FNO. The van der Waals surface area contributed by atoms with E-state index < -0.39 is 0 Å². The van der Waals surface area contributed by atoms with Gasteiger partial charge in [-0.1, -0.05) is 13.0 Å². The van der Waals surface area contributed by atoms with E-state index in [1.807, 2.05) is 6.92 Å². The molecule has 1 N–H and O–H groups in total. The Morgan fingerprint density at radius 3 is 3.00 bits per heavy atom. The van der Waals surface area contributed by atoms with Crippen molar-refractivity contribution < 1.29 is 9.13 Å². The number of benzene rings is 1. The third-order valence-electron chi connectivity index (χ3n) is 3.32. The maximum atomic E-state index is 13.1. The summed E-state index contributed by atoms with van der Waals surface area (Å²) in [7, 11) is 0. The van der Waals surface area contributed by atoms with Crippen molar-refractivity contribution in [1.29, 1.82) is 0 Å². The zero-order chi connectivity index (χ0) is 12.3. The van der Waals surface area contributed by atoms with Crippen molar-refractivity contribution in [2.75, 3.05) is 6.54 Å². The van der Waals surface area contributed by atoms with Crippen LogP contribution in [0, 0.1) is 12.7 Å².